The van der Waals surface area contributed by atoms with Crippen LogP contribution in [0.4, 0.5) is 5.69 Å². The van der Waals surface area contributed by atoms with Gasteiger partial charge in [-0.2, -0.15) is 0 Å². The van der Waals surface area contributed by atoms with Gasteiger partial charge in [-0.3, -0.25) is 4.79 Å². The highest BCUT2D eigenvalue weighted by molar-refractivity contribution is 9.10. The van der Waals surface area contributed by atoms with Crippen LogP contribution in [0.15, 0.2) is 26.8 Å². The molecule has 0 saturated heterocycles. The van der Waals surface area contributed by atoms with Crippen molar-refractivity contribution in [3.63, 3.8) is 0 Å². The Bertz CT molecular complexity index is 1360. The third kappa shape index (κ3) is 4.98. The van der Waals surface area contributed by atoms with E-state index in [1.54, 1.807) is 12.1 Å². The number of aliphatic hydroxyl groups is 2. The van der Waals surface area contributed by atoms with Crippen molar-refractivity contribution in [1.82, 2.24) is 4.98 Å². The number of carbonyl (C=O) groups excluding carboxylic acids is 1. The quantitative estimate of drug-likeness (QED) is 0.244. The smallest absolute Gasteiger partial charge is 0.264 e. The molecule has 4 aliphatic carbocycles. The minimum absolute atomic E-state index is 0.150. The van der Waals surface area contributed by atoms with Crippen LogP contribution in [-0.2, 0) is 4.79 Å². The van der Waals surface area contributed by atoms with Crippen molar-refractivity contribution in [3.8, 4) is 5.88 Å². The Kier molecular flexibility index (Phi) is 7.87. The molecule has 1 amide bonds. The van der Waals surface area contributed by atoms with Crippen LogP contribution < -0.4 is 0 Å². The Morgan fingerprint density at radius 1 is 1.12 bits per heavy atom. The maximum absolute atomic E-state index is 12.8. The van der Waals surface area contributed by atoms with Crippen LogP contribution in [0.5, 0.6) is 5.88 Å². The summed E-state index contributed by atoms with van der Waals surface area (Å²) in [5.41, 5.74) is 1.26. The minimum Gasteiger partial charge on any atom is -0.493 e. The number of hydrogen-bond acceptors (Lipinski definition) is 5. The molecule has 0 unspecified atom stereocenters. The first-order valence-electron chi connectivity index (χ1n) is 15.4. The third-order valence-electron chi connectivity index (χ3n) is 12.3. The number of fused-ring (bicyclic) bond motifs is 6. The normalized spacial score (nSPS) is 39.4. The number of hydrogen-bond donors (Lipinski definition) is 4. The number of nitrogens with zero attached hydrogens (tertiary/aromatic N) is 2. The van der Waals surface area contributed by atoms with Crippen molar-refractivity contribution >= 4 is 50.0 Å². The van der Waals surface area contributed by atoms with Gasteiger partial charge in [0, 0.05) is 21.3 Å². The van der Waals surface area contributed by atoms with Gasteiger partial charge in [-0.25, -0.2) is 0 Å². The van der Waals surface area contributed by atoms with E-state index in [2.05, 4.69) is 51.9 Å². The number of halogens is 2. The second-order valence-corrected chi connectivity index (χ2v) is 15.5. The number of aromatic hydroxyl groups is 1. The van der Waals surface area contributed by atoms with Crippen LogP contribution in [0.1, 0.15) is 85.0 Å². The first-order valence-corrected chi connectivity index (χ1v) is 16.6. The van der Waals surface area contributed by atoms with Gasteiger partial charge >= 0.3 is 0 Å². The van der Waals surface area contributed by atoms with Crippen LogP contribution in [0.25, 0.3) is 10.9 Å². The number of benzene rings is 1. The summed E-state index contributed by atoms with van der Waals surface area (Å²) in [5.74, 6) is 2.25. The van der Waals surface area contributed by atoms with E-state index in [9.17, 15) is 20.1 Å². The molecule has 0 aliphatic heterocycles. The molecule has 9 heteroatoms. The molecule has 0 spiro atoms. The van der Waals surface area contributed by atoms with Crippen LogP contribution in [0.3, 0.4) is 0 Å². The lowest BCUT2D eigenvalue weighted by Crippen LogP contribution is -2.58. The van der Waals surface area contributed by atoms with Gasteiger partial charge in [-0.1, -0.05) is 32.4 Å². The van der Waals surface area contributed by atoms with Crippen LogP contribution in [-0.4, -0.2) is 38.4 Å². The predicted octanol–water partition coefficient (Wildman–Crippen LogP) is 8.31. The van der Waals surface area contributed by atoms with Gasteiger partial charge in [0.15, 0.2) is 5.69 Å². The Morgan fingerprint density at radius 2 is 1.85 bits per heavy atom. The highest BCUT2D eigenvalue weighted by Gasteiger charge is 2.62. The van der Waals surface area contributed by atoms with Gasteiger partial charge < -0.3 is 20.3 Å². The molecular formula is C32H43BrClN3O4. The lowest BCUT2D eigenvalue weighted by Gasteiger charge is -2.62. The topological polar surface area (TPSA) is 118 Å². The van der Waals surface area contributed by atoms with Gasteiger partial charge in [-0.15, -0.1) is 10.2 Å². The molecule has 1 heterocycles. The molecular weight excluding hydrogens is 606 g/mol. The largest absolute Gasteiger partial charge is 0.493 e. The molecule has 4 N–H and O–H groups in total. The first-order chi connectivity index (χ1) is 19.4. The van der Waals surface area contributed by atoms with Gasteiger partial charge in [0.25, 0.3) is 5.91 Å². The zero-order chi connectivity index (χ0) is 29.3. The maximum atomic E-state index is 12.8. The van der Waals surface area contributed by atoms with E-state index < -0.39 is 0 Å². The average molecular weight is 649 g/mol. The van der Waals surface area contributed by atoms with Crippen LogP contribution >= 0.6 is 27.5 Å². The average Bonchev–Trinajstić information content (AvgIpc) is 3.43. The minimum atomic E-state index is -0.295. The number of azo groups is 1. The van der Waals surface area contributed by atoms with E-state index in [0.717, 1.165) is 51.4 Å². The number of aromatic amines is 1. The zero-order valence-electron chi connectivity index (χ0n) is 24.2. The molecule has 41 heavy (non-hydrogen) atoms. The third-order valence-corrected chi connectivity index (χ3v) is 13.1. The fourth-order valence-electron chi connectivity index (χ4n) is 10.2. The Balaban J connectivity index is 1.11. The second kappa shape index (κ2) is 10.9. The van der Waals surface area contributed by atoms with Crippen molar-refractivity contribution in [2.24, 2.45) is 56.6 Å². The van der Waals surface area contributed by atoms with E-state index in [-0.39, 0.29) is 40.5 Å². The van der Waals surface area contributed by atoms with Gasteiger partial charge in [0.2, 0.25) is 5.88 Å². The molecule has 0 radical (unpaired) electrons. The molecule has 4 fully saturated rings. The molecule has 10 atom stereocenters. The number of nitrogens with one attached hydrogen (secondary N) is 1. The summed E-state index contributed by atoms with van der Waals surface area (Å²) in [6.07, 6.45) is 8.84. The van der Waals surface area contributed by atoms with Crippen LogP contribution in [0.2, 0.25) is 5.02 Å². The number of aliphatic hydroxyl groups excluding tert-OH is 2. The standard InChI is InChI=1S/C32H43BrClN3O4/c1-16(4-7-26(40)36-37-29-20-14-18(34)15-24(33)28(20)35-30(29)41)21-5-6-22-27-23(9-11-32(21,22)3)31(2)10-8-19(38)12-17(31)13-25(27)39/h14-17,19,21-23,25,27,35,38-39,41H,4-13H2,1-3H3/t16-,17-,19+,21+,22-,23+,25-,27-,31-,32-/m1/s1. The van der Waals surface area contributed by atoms with E-state index in [4.69, 9.17) is 11.6 Å². The van der Waals surface area contributed by atoms with E-state index in [1.165, 1.54) is 6.42 Å². The molecule has 2 aromatic rings. The summed E-state index contributed by atoms with van der Waals surface area (Å²) in [5, 5.41) is 41.3. The highest BCUT2D eigenvalue weighted by atomic mass is 79.9. The SMILES string of the molecule is C[C@H](CCC(=O)N=Nc1c(O)[nH]c2c(Br)cc(Cl)cc12)[C@@H]1CC[C@@H]2[C@H]3[C@H](O)C[C@H]4C[C@@H](O)CC[C@@]4(C)[C@H]3CC[C@@]21C. The number of H-pyrrole nitrogens is 1. The van der Waals surface area contributed by atoms with Gasteiger partial charge in [0.05, 0.1) is 17.7 Å². The molecule has 7 nitrogen and oxygen atoms in total. The van der Waals surface area contributed by atoms with Crippen molar-refractivity contribution in [2.75, 3.05) is 0 Å². The molecule has 1 aromatic heterocycles. The molecule has 4 aliphatic rings. The molecule has 224 valence electrons. The molecule has 0 bridgehead atoms. The summed E-state index contributed by atoms with van der Waals surface area (Å²) in [6, 6.07) is 3.41. The van der Waals surface area contributed by atoms with E-state index >= 15 is 0 Å². The van der Waals surface area contributed by atoms with Crippen molar-refractivity contribution in [2.45, 2.75) is 97.2 Å². The van der Waals surface area contributed by atoms with Crippen molar-refractivity contribution in [3.05, 3.63) is 21.6 Å². The summed E-state index contributed by atoms with van der Waals surface area (Å²) in [4.78, 5) is 15.6. The van der Waals surface area contributed by atoms with Crippen LogP contribution in [0, 0.1) is 46.3 Å². The lowest BCUT2D eigenvalue weighted by molar-refractivity contribution is -0.174. The highest BCUT2D eigenvalue weighted by Crippen LogP contribution is 2.68. The number of carbonyl (C=O) groups is 1. The van der Waals surface area contributed by atoms with E-state index in [0.29, 0.717) is 62.3 Å². The van der Waals surface area contributed by atoms with E-state index in [1.807, 2.05) is 0 Å². The summed E-state index contributed by atoms with van der Waals surface area (Å²) < 4.78 is 0.696. The summed E-state index contributed by atoms with van der Waals surface area (Å²) in [7, 11) is 0. The van der Waals surface area contributed by atoms with Crippen molar-refractivity contribution < 1.29 is 20.1 Å². The Morgan fingerprint density at radius 3 is 2.63 bits per heavy atom. The molecule has 6 rings (SSSR count). The number of rotatable bonds is 5. The monoisotopic (exact) mass is 647 g/mol. The molecule has 4 saturated carbocycles. The van der Waals surface area contributed by atoms with Gasteiger partial charge in [-0.05, 0) is 132 Å². The van der Waals surface area contributed by atoms with Gasteiger partial charge in [0.1, 0.15) is 0 Å². The first kappa shape index (κ1) is 29.6. The lowest BCUT2D eigenvalue weighted by atomic mass is 9.43. The fourth-order valence-corrected chi connectivity index (χ4v) is 11.1. The summed E-state index contributed by atoms with van der Waals surface area (Å²) in [6.45, 7) is 7.18. The number of amides is 1. The summed E-state index contributed by atoms with van der Waals surface area (Å²) >= 11 is 9.60. The fraction of sp³-hybridized carbons (Fsp3) is 0.719. The Labute approximate surface area is 255 Å². The second-order valence-electron chi connectivity index (χ2n) is 14.2. The maximum Gasteiger partial charge on any atom is 0.264 e. The molecule has 1 aromatic carbocycles. The number of aromatic nitrogens is 1. The predicted molar refractivity (Wildman–Crippen MR) is 163 cm³/mol. The Hall–Kier alpha value is -1.48. The van der Waals surface area contributed by atoms with Crippen molar-refractivity contribution in [1.29, 1.82) is 0 Å². The zero-order valence-corrected chi connectivity index (χ0v) is 26.6.